The van der Waals surface area contributed by atoms with E-state index in [9.17, 15) is 9.59 Å². The maximum absolute atomic E-state index is 11.2. The van der Waals surface area contributed by atoms with E-state index in [0.717, 1.165) is 0 Å². The summed E-state index contributed by atoms with van der Waals surface area (Å²) >= 11 is 0. The molecule has 2 amide bonds. The van der Waals surface area contributed by atoms with Crippen molar-refractivity contribution in [3.63, 3.8) is 0 Å². The number of imidazole rings is 1. The smallest absolute Gasteiger partial charge is 0.269 e. The average molecular weight is 220 g/mol. The Balaban J connectivity index is 2.72. The SMILES string of the molecule is NC(=O)c1nc2n(c1C(N)=O)C=COC=C2. The maximum Gasteiger partial charge on any atom is 0.269 e. The molecule has 1 aliphatic rings. The number of hydrogen-bond acceptors (Lipinski definition) is 4. The van der Waals surface area contributed by atoms with Crippen LogP contribution in [0.4, 0.5) is 0 Å². The third-order valence-corrected chi connectivity index (χ3v) is 1.99. The molecule has 16 heavy (non-hydrogen) atoms. The fraction of sp³-hybridized carbons (Fsp3) is 0. The molecular formula is C9H8N4O3. The Morgan fingerprint density at radius 1 is 1.25 bits per heavy atom. The molecule has 0 aliphatic carbocycles. The van der Waals surface area contributed by atoms with E-state index in [1.165, 1.54) is 29.4 Å². The zero-order valence-electron chi connectivity index (χ0n) is 8.08. The predicted molar refractivity (Wildman–Crippen MR) is 54.7 cm³/mol. The molecule has 0 bridgehead atoms. The third-order valence-electron chi connectivity index (χ3n) is 1.99. The number of primary amides is 2. The number of fused-ring (bicyclic) bond motifs is 1. The number of aromatic nitrogens is 2. The van der Waals surface area contributed by atoms with E-state index in [1.54, 1.807) is 0 Å². The molecule has 82 valence electrons. The molecule has 2 heterocycles. The number of nitrogens with zero attached hydrogens (tertiary/aromatic N) is 2. The van der Waals surface area contributed by atoms with Crippen molar-refractivity contribution >= 4 is 24.1 Å². The summed E-state index contributed by atoms with van der Waals surface area (Å²) in [6.07, 6.45) is 5.59. The van der Waals surface area contributed by atoms with Gasteiger partial charge >= 0.3 is 0 Å². The van der Waals surface area contributed by atoms with Crippen molar-refractivity contribution in [3.8, 4) is 0 Å². The van der Waals surface area contributed by atoms with E-state index < -0.39 is 11.8 Å². The lowest BCUT2D eigenvalue weighted by Gasteiger charge is -2.00. The number of ether oxygens (including phenoxy) is 1. The van der Waals surface area contributed by atoms with Crippen molar-refractivity contribution in [1.29, 1.82) is 0 Å². The van der Waals surface area contributed by atoms with Gasteiger partial charge in [-0.1, -0.05) is 0 Å². The van der Waals surface area contributed by atoms with Crippen LogP contribution in [0.5, 0.6) is 0 Å². The Hall–Kier alpha value is -2.57. The molecular weight excluding hydrogens is 212 g/mol. The lowest BCUT2D eigenvalue weighted by Crippen LogP contribution is -2.22. The molecule has 0 aromatic carbocycles. The third kappa shape index (κ3) is 1.44. The van der Waals surface area contributed by atoms with Crippen LogP contribution in [0.3, 0.4) is 0 Å². The van der Waals surface area contributed by atoms with Crippen molar-refractivity contribution < 1.29 is 14.3 Å². The van der Waals surface area contributed by atoms with Gasteiger partial charge in [0.25, 0.3) is 11.8 Å². The van der Waals surface area contributed by atoms with Gasteiger partial charge in [-0.15, -0.1) is 0 Å². The van der Waals surface area contributed by atoms with Gasteiger partial charge in [0.05, 0.1) is 6.26 Å². The minimum atomic E-state index is -0.808. The van der Waals surface area contributed by atoms with E-state index in [-0.39, 0.29) is 11.4 Å². The van der Waals surface area contributed by atoms with Crippen molar-refractivity contribution in [2.75, 3.05) is 0 Å². The zero-order valence-corrected chi connectivity index (χ0v) is 8.08. The van der Waals surface area contributed by atoms with Gasteiger partial charge in [-0.2, -0.15) is 0 Å². The summed E-state index contributed by atoms with van der Waals surface area (Å²) in [7, 11) is 0. The maximum atomic E-state index is 11.2. The summed E-state index contributed by atoms with van der Waals surface area (Å²) in [5.74, 6) is -1.25. The van der Waals surface area contributed by atoms with Crippen LogP contribution in [0.1, 0.15) is 26.8 Å². The lowest BCUT2D eigenvalue weighted by molar-refractivity contribution is 0.0961. The van der Waals surface area contributed by atoms with Crippen LogP contribution in [0.25, 0.3) is 12.3 Å². The molecule has 0 radical (unpaired) electrons. The number of nitrogens with two attached hydrogens (primary N) is 2. The highest BCUT2D eigenvalue weighted by Crippen LogP contribution is 2.15. The van der Waals surface area contributed by atoms with Crippen LogP contribution in [0.2, 0.25) is 0 Å². The normalized spacial score (nSPS) is 12.8. The van der Waals surface area contributed by atoms with Gasteiger partial charge in [-0.25, -0.2) is 4.98 Å². The second kappa shape index (κ2) is 3.54. The lowest BCUT2D eigenvalue weighted by atomic mass is 10.3. The number of carbonyl (C=O) groups excluding carboxylic acids is 2. The van der Waals surface area contributed by atoms with Crippen molar-refractivity contribution in [2.45, 2.75) is 0 Å². The van der Waals surface area contributed by atoms with E-state index >= 15 is 0 Å². The van der Waals surface area contributed by atoms with Gasteiger partial charge in [0, 0.05) is 12.3 Å². The summed E-state index contributed by atoms with van der Waals surface area (Å²) in [6.45, 7) is 0. The zero-order chi connectivity index (χ0) is 11.7. The number of carbonyl (C=O) groups is 2. The van der Waals surface area contributed by atoms with Crippen LogP contribution in [-0.4, -0.2) is 21.4 Å². The number of amides is 2. The van der Waals surface area contributed by atoms with Crippen LogP contribution < -0.4 is 11.5 Å². The Labute approximate surface area is 90.0 Å². The Kier molecular flexibility index (Phi) is 2.20. The molecule has 1 aliphatic heterocycles. The van der Waals surface area contributed by atoms with E-state index in [0.29, 0.717) is 5.82 Å². The molecule has 1 aromatic rings. The summed E-state index contributed by atoms with van der Waals surface area (Å²) in [5, 5.41) is 0. The molecule has 0 atom stereocenters. The van der Waals surface area contributed by atoms with Gasteiger partial charge in [-0.3, -0.25) is 14.2 Å². The summed E-state index contributed by atoms with van der Waals surface area (Å²) in [5.41, 5.74) is 10.1. The number of rotatable bonds is 2. The van der Waals surface area contributed by atoms with Crippen LogP contribution in [0.15, 0.2) is 12.5 Å². The Bertz CT molecular complexity index is 527. The molecule has 4 N–H and O–H groups in total. The Morgan fingerprint density at radius 3 is 2.62 bits per heavy atom. The quantitative estimate of drug-likeness (QED) is 0.699. The second-order valence-electron chi connectivity index (χ2n) is 2.99. The van der Waals surface area contributed by atoms with Gasteiger partial charge in [0.2, 0.25) is 0 Å². The fourth-order valence-electron chi connectivity index (χ4n) is 1.37. The first kappa shape index (κ1) is 9.97. The van der Waals surface area contributed by atoms with Crippen molar-refractivity contribution in [1.82, 2.24) is 9.55 Å². The fourth-order valence-corrected chi connectivity index (χ4v) is 1.37. The monoisotopic (exact) mass is 220 g/mol. The standard InChI is InChI=1S/C9H8N4O3/c10-8(14)6-7(9(11)15)13-2-4-16-3-1-5(13)12-6/h1-4H,(H2,10,14)(H2,11,15). The largest absolute Gasteiger partial charge is 0.471 e. The van der Waals surface area contributed by atoms with Gasteiger partial charge in [0.1, 0.15) is 17.8 Å². The minimum Gasteiger partial charge on any atom is -0.471 e. The molecule has 0 saturated carbocycles. The van der Waals surface area contributed by atoms with Crippen LogP contribution >= 0.6 is 0 Å². The molecule has 0 fully saturated rings. The highest BCUT2D eigenvalue weighted by atomic mass is 16.5. The first-order valence-electron chi connectivity index (χ1n) is 4.31. The molecule has 0 saturated heterocycles. The minimum absolute atomic E-state index is 0.0612. The first-order chi connectivity index (χ1) is 7.61. The van der Waals surface area contributed by atoms with Gasteiger partial charge in [-0.05, 0) is 0 Å². The molecule has 2 rings (SSSR count). The molecule has 1 aromatic heterocycles. The highest BCUT2D eigenvalue weighted by Gasteiger charge is 2.23. The van der Waals surface area contributed by atoms with Gasteiger partial charge < -0.3 is 16.2 Å². The second-order valence-corrected chi connectivity index (χ2v) is 2.99. The predicted octanol–water partition coefficient (Wildman–Crippen LogP) is -0.490. The highest BCUT2D eigenvalue weighted by molar-refractivity contribution is 6.04. The average Bonchev–Trinajstić information content (AvgIpc) is 2.43. The van der Waals surface area contributed by atoms with Crippen LogP contribution in [0, 0.1) is 0 Å². The van der Waals surface area contributed by atoms with E-state index in [1.807, 2.05) is 0 Å². The summed E-state index contributed by atoms with van der Waals surface area (Å²) in [6, 6.07) is 0. The van der Waals surface area contributed by atoms with E-state index in [2.05, 4.69) is 4.98 Å². The molecule has 0 spiro atoms. The summed E-state index contributed by atoms with van der Waals surface area (Å²) < 4.78 is 6.22. The van der Waals surface area contributed by atoms with Crippen molar-refractivity contribution in [3.05, 3.63) is 29.7 Å². The van der Waals surface area contributed by atoms with Crippen LogP contribution in [-0.2, 0) is 4.74 Å². The summed E-state index contributed by atoms with van der Waals surface area (Å²) in [4.78, 5) is 26.2. The van der Waals surface area contributed by atoms with Crippen molar-refractivity contribution in [2.24, 2.45) is 11.5 Å². The first-order valence-corrected chi connectivity index (χ1v) is 4.31. The molecule has 0 unspecified atom stereocenters. The number of hydrogen-bond donors (Lipinski definition) is 2. The molecule has 7 nitrogen and oxygen atoms in total. The Morgan fingerprint density at radius 2 is 2.00 bits per heavy atom. The van der Waals surface area contributed by atoms with E-state index in [4.69, 9.17) is 16.2 Å². The topological polar surface area (TPSA) is 113 Å². The molecule has 7 heteroatoms. The van der Waals surface area contributed by atoms with Gasteiger partial charge in [0.15, 0.2) is 5.69 Å².